The minimum atomic E-state index is -1.89. The van der Waals surface area contributed by atoms with E-state index >= 15 is 0 Å². The molecule has 0 radical (unpaired) electrons. The second-order valence-corrected chi connectivity index (χ2v) is 5.31. The number of aromatic nitrogens is 1. The molecule has 0 atom stereocenters. The van der Waals surface area contributed by atoms with Crippen molar-refractivity contribution in [2.45, 2.75) is 0 Å². The summed E-state index contributed by atoms with van der Waals surface area (Å²) >= 11 is 0. The van der Waals surface area contributed by atoms with Crippen molar-refractivity contribution in [3.8, 4) is 0 Å². The summed E-state index contributed by atoms with van der Waals surface area (Å²) in [7, 11) is 0. The lowest BCUT2D eigenvalue weighted by atomic mass is 10.0. The molecular formula is C17H8F4N2O. The number of nitrogens with one attached hydrogen (secondary N) is 2. The second-order valence-electron chi connectivity index (χ2n) is 5.31. The molecule has 3 nitrogen and oxygen atoms in total. The van der Waals surface area contributed by atoms with Gasteiger partial charge in [0.15, 0.2) is 23.3 Å². The van der Waals surface area contributed by atoms with Crippen LogP contribution in [-0.2, 0) is 4.79 Å². The maximum Gasteiger partial charge on any atom is 0.256 e. The normalized spacial score (nSPS) is 15.2. The van der Waals surface area contributed by atoms with Crippen molar-refractivity contribution in [2.24, 2.45) is 0 Å². The molecule has 1 aliphatic rings. The molecule has 24 heavy (non-hydrogen) atoms. The summed E-state index contributed by atoms with van der Waals surface area (Å²) in [6, 6.07) is 6.84. The first-order valence-corrected chi connectivity index (χ1v) is 6.94. The fourth-order valence-electron chi connectivity index (χ4n) is 2.81. The van der Waals surface area contributed by atoms with Gasteiger partial charge in [0.1, 0.15) is 0 Å². The smallest absolute Gasteiger partial charge is 0.256 e. The first-order valence-electron chi connectivity index (χ1n) is 6.94. The van der Waals surface area contributed by atoms with Crippen molar-refractivity contribution in [3.05, 3.63) is 64.9 Å². The maximum atomic E-state index is 14.1. The molecule has 0 saturated carbocycles. The third kappa shape index (κ3) is 1.87. The van der Waals surface area contributed by atoms with Crippen molar-refractivity contribution in [2.75, 3.05) is 5.32 Å². The van der Waals surface area contributed by atoms with Crippen LogP contribution in [0.2, 0.25) is 0 Å². The summed E-state index contributed by atoms with van der Waals surface area (Å²) in [5, 5.41) is 2.19. The second kappa shape index (κ2) is 4.95. The molecule has 120 valence electrons. The number of anilines is 1. The number of fused-ring (bicyclic) bond motifs is 2. The van der Waals surface area contributed by atoms with Crippen LogP contribution in [0.5, 0.6) is 0 Å². The van der Waals surface area contributed by atoms with Crippen LogP contribution in [-0.4, -0.2) is 10.9 Å². The van der Waals surface area contributed by atoms with E-state index in [-0.39, 0.29) is 11.1 Å². The number of halogens is 4. The Bertz CT molecular complexity index is 1050. The molecule has 2 heterocycles. The van der Waals surface area contributed by atoms with E-state index in [4.69, 9.17) is 0 Å². The van der Waals surface area contributed by atoms with Crippen LogP contribution in [0.4, 0.5) is 23.2 Å². The lowest BCUT2D eigenvalue weighted by Gasteiger charge is -2.02. The number of carbonyl (C=O) groups excluding carboxylic acids is 1. The van der Waals surface area contributed by atoms with Gasteiger partial charge in [-0.05, 0) is 12.1 Å². The Labute approximate surface area is 132 Å². The summed E-state index contributed by atoms with van der Waals surface area (Å²) in [5.74, 6) is -7.22. The minimum Gasteiger partial charge on any atom is -0.358 e. The van der Waals surface area contributed by atoms with Gasteiger partial charge in [0, 0.05) is 34.0 Å². The van der Waals surface area contributed by atoms with Gasteiger partial charge in [0.2, 0.25) is 0 Å². The Morgan fingerprint density at radius 3 is 2.42 bits per heavy atom. The number of para-hydroxylation sites is 1. The average Bonchev–Trinajstić information content (AvgIpc) is 3.13. The predicted molar refractivity (Wildman–Crippen MR) is 81.1 cm³/mol. The maximum absolute atomic E-state index is 14.1. The fraction of sp³-hybridized carbons (Fsp3) is 0. The van der Waals surface area contributed by atoms with Crippen molar-refractivity contribution in [3.63, 3.8) is 0 Å². The number of rotatable bonds is 1. The van der Waals surface area contributed by atoms with Gasteiger partial charge in [-0.3, -0.25) is 4.79 Å². The molecule has 2 aromatic carbocycles. The largest absolute Gasteiger partial charge is 0.358 e. The van der Waals surface area contributed by atoms with Crippen LogP contribution in [0.1, 0.15) is 11.1 Å². The van der Waals surface area contributed by atoms with E-state index in [1.54, 1.807) is 24.3 Å². The number of amides is 1. The van der Waals surface area contributed by atoms with Crippen LogP contribution in [0.15, 0.2) is 30.5 Å². The van der Waals surface area contributed by atoms with Crippen LogP contribution in [0.25, 0.3) is 22.6 Å². The zero-order valence-corrected chi connectivity index (χ0v) is 11.9. The third-order valence-corrected chi connectivity index (χ3v) is 3.94. The number of carbonyl (C=O) groups is 1. The van der Waals surface area contributed by atoms with Gasteiger partial charge in [-0.15, -0.1) is 0 Å². The monoisotopic (exact) mass is 332 g/mol. The summed E-state index contributed by atoms with van der Waals surface area (Å²) in [6.07, 6.45) is 2.50. The fourth-order valence-corrected chi connectivity index (χ4v) is 2.81. The van der Waals surface area contributed by atoms with E-state index in [1.807, 2.05) is 0 Å². The number of hydrogen-bond acceptors (Lipinski definition) is 1. The van der Waals surface area contributed by atoms with Gasteiger partial charge in [-0.1, -0.05) is 18.2 Å². The molecule has 0 unspecified atom stereocenters. The van der Waals surface area contributed by atoms with E-state index in [0.717, 1.165) is 0 Å². The molecular weight excluding hydrogens is 324 g/mol. The SMILES string of the molecule is O=C1Nc2ccccc2C1=Cc1c[nH]c2c(F)c(F)c(F)c(F)c12. The highest BCUT2D eigenvalue weighted by Crippen LogP contribution is 2.35. The van der Waals surface area contributed by atoms with Crippen LogP contribution in [0, 0.1) is 23.3 Å². The third-order valence-electron chi connectivity index (χ3n) is 3.94. The molecule has 0 spiro atoms. The summed E-state index contributed by atoms with van der Waals surface area (Å²) < 4.78 is 54.6. The van der Waals surface area contributed by atoms with Crippen molar-refractivity contribution < 1.29 is 22.4 Å². The highest BCUT2D eigenvalue weighted by molar-refractivity contribution is 6.35. The molecule has 0 bridgehead atoms. The number of H-pyrrole nitrogens is 1. The molecule has 4 rings (SSSR count). The molecule has 1 aliphatic heterocycles. The average molecular weight is 332 g/mol. The molecule has 7 heteroatoms. The van der Waals surface area contributed by atoms with Crippen LogP contribution < -0.4 is 5.32 Å². The number of benzene rings is 2. The molecule has 3 aromatic rings. The minimum absolute atomic E-state index is 0.0437. The Morgan fingerprint density at radius 2 is 1.62 bits per heavy atom. The summed E-state index contributed by atoms with van der Waals surface area (Å²) in [6.45, 7) is 0. The van der Waals surface area contributed by atoms with Gasteiger partial charge < -0.3 is 10.3 Å². The predicted octanol–water partition coefficient (Wildman–Crippen LogP) is 4.22. The van der Waals surface area contributed by atoms with Gasteiger partial charge in [-0.25, -0.2) is 17.6 Å². The molecule has 1 amide bonds. The first-order chi connectivity index (χ1) is 11.5. The van der Waals surface area contributed by atoms with Crippen molar-refractivity contribution in [1.82, 2.24) is 4.98 Å². The van der Waals surface area contributed by atoms with Gasteiger partial charge in [0.25, 0.3) is 5.91 Å². The van der Waals surface area contributed by atoms with E-state index in [2.05, 4.69) is 10.3 Å². The van der Waals surface area contributed by atoms with E-state index in [9.17, 15) is 22.4 Å². The number of aromatic amines is 1. The van der Waals surface area contributed by atoms with Crippen molar-refractivity contribution in [1.29, 1.82) is 0 Å². The van der Waals surface area contributed by atoms with Crippen LogP contribution >= 0.6 is 0 Å². The van der Waals surface area contributed by atoms with Gasteiger partial charge >= 0.3 is 0 Å². The molecule has 2 N–H and O–H groups in total. The topological polar surface area (TPSA) is 44.9 Å². The van der Waals surface area contributed by atoms with E-state index in [1.165, 1.54) is 12.3 Å². The van der Waals surface area contributed by atoms with E-state index in [0.29, 0.717) is 11.3 Å². The molecule has 0 fully saturated rings. The molecule has 1 aromatic heterocycles. The van der Waals surface area contributed by atoms with Crippen molar-refractivity contribution >= 4 is 34.1 Å². The van der Waals surface area contributed by atoms with Gasteiger partial charge in [-0.2, -0.15) is 0 Å². The first kappa shape index (κ1) is 14.5. The van der Waals surface area contributed by atoms with E-state index < -0.39 is 40.1 Å². The Morgan fingerprint density at radius 1 is 0.917 bits per heavy atom. The molecule has 0 saturated heterocycles. The van der Waals surface area contributed by atoms with Gasteiger partial charge in [0.05, 0.1) is 5.52 Å². The highest BCUT2D eigenvalue weighted by atomic mass is 19.2. The number of hydrogen-bond donors (Lipinski definition) is 2. The lowest BCUT2D eigenvalue weighted by Crippen LogP contribution is -2.03. The summed E-state index contributed by atoms with van der Waals surface area (Å²) in [5.41, 5.74) is 0.931. The zero-order valence-electron chi connectivity index (χ0n) is 11.9. The quantitative estimate of drug-likeness (QED) is 0.298. The summed E-state index contributed by atoms with van der Waals surface area (Å²) in [4.78, 5) is 14.5. The lowest BCUT2D eigenvalue weighted by molar-refractivity contribution is -0.110. The highest BCUT2D eigenvalue weighted by Gasteiger charge is 2.26. The standard InChI is InChI=1S/C17H8F4N2O/c18-12-11-7(6-22-16(11)15(21)14(20)13(12)19)5-9-8-3-1-2-4-10(8)23-17(9)24/h1-6,22H,(H,23,24). The molecule has 0 aliphatic carbocycles. The zero-order chi connectivity index (χ0) is 17.0. The van der Waals surface area contributed by atoms with Crippen LogP contribution in [0.3, 0.4) is 0 Å². The Hall–Kier alpha value is -3.09. The Kier molecular flexibility index (Phi) is 2.99. The Balaban J connectivity index is 1.98.